The fraction of sp³-hybridized carbons (Fsp3) is 0.500. The van der Waals surface area contributed by atoms with E-state index in [0.717, 1.165) is 24.1 Å². The first-order chi connectivity index (χ1) is 10.00. The van der Waals surface area contributed by atoms with Gasteiger partial charge in [-0.2, -0.15) is 9.40 Å². The number of sulfonamides is 1. The molecule has 1 aliphatic rings. The van der Waals surface area contributed by atoms with E-state index < -0.39 is 10.0 Å². The van der Waals surface area contributed by atoms with Crippen molar-refractivity contribution < 1.29 is 8.42 Å². The Morgan fingerprint density at radius 1 is 1.38 bits per heavy atom. The standard InChI is InChI=1S/C14H19N3O2S2/c1-11-6-3-4-8-17(11)21(18,19)13-10-16(2)15-14(13)12-7-5-9-20-12/h5,7,9-11H,3-4,6,8H2,1-2H3. The lowest BCUT2D eigenvalue weighted by molar-refractivity contribution is 0.269. The number of hydrogen-bond acceptors (Lipinski definition) is 4. The van der Waals surface area contributed by atoms with Gasteiger partial charge in [0.1, 0.15) is 10.6 Å². The number of nitrogens with zero attached hydrogens (tertiary/aromatic N) is 3. The van der Waals surface area contributed by atoms with Gasteiger partial charge in [-0.05, 0) is 31.2 Å². The summed E-state index contributed by atoms with van der Waals surface area (Å²) in [5.41, 5.74) is 0.560. The fourth-order valence-electron chi connectivity index (χ4n) is 2.79. The molecule has 5 nitrogen and oxygen atoms in total. The summed E-state index contributed by atoms with van der Waals surface area (Å²) in [6.07, 6.45) is 4.57. The van der Waals surface area contributed by atoms with Crippen LogP contribution in [0.5, 0.6) is 0 Å². The molecule has 0 aliphatic carbocycles. The number of hydrogen-bond donors (Lipinski definition) is 0. The Hall–Kier alpha value is -1.18. The average Bonchev–Trinajstić information content (AvgIpc) is 3.07. The smallest absolute Gasteiger partial charge is 0.247 e. The number of rotatable bonds is 3. The third-order valence-electron chi connectivity index (χ3n) is 3.88. The largest absolute Gasteiger partial charge is 0.274 e. The van der Waals surface area contributed by atoms with Gasteiger partial charge in [0, 0.05) is 25.8 Å². The molecule has 21 heavy (non-hydrogen) atoms. The van der Waals surface area contributed by atoms with Crippen molar-refractivity contribution in [3.63, 3.8) is 0 Å². The highest BCUT2D eigenvalue weighted by Gasteiger charge is 2.34. The van der Waals surface area contributed by atoms with Crippen LogP contribution in [-0.4, -0.2) is 35.1 Å². The summed E-state index contributed by atoms with van der Waals surface area (Å²) in [5, 5.41) is 6.29. The van der Waals surface area contributed by atoms with Gasteiger partial charge >= 0.3 is 0 Å². The third kappa shape index (κ3) is 2.65. The average molecular weight is 325 g/mol. The minimum atomic E-state index is -3.49. The third-order valence-corrected chi connectivity index (χ3v) is 6.77. The number of piperidine rings is 1. The van der Waals surface area contributed by atoms with Crippen molar-refractivity contribution in [2.75, 3.05) is 6.54 Å². The van der Waals surface area contributed by atoms with Crippen LogP contribution in [0.4, 0.5) is 0 Å². The lowest BCUT2D eigenvalue weighted by Gasteiger charge is -2.32. The molecule has 1 atom stereocenters. The highest BCUT2D eigenvalue weighted by atomic mass is 32.2. The fourth-order valence-corrected chi connectivity index (χ4v) is 5.46. The minimum absolute atomic E-state index is 0.0557. The Labute approximate surface area is 129 Å². The van der Waals surface area contributed by atoms with Crippen molar-refractivity contribution >= 4 is 21.4 Å². The number of aryl methyl sites for hydroxylation is 1. The first-order valence-electron chi connectivity index (χ1n) is 7.09. The van der Waals surface area contributed by atoms with Gasteiger partial charge in [-0.3, -0.25) is 4.68 Å². The van der Waals surface area contributed by atoms with Crippen molar-refractivity contribution in [3.05, 3.63) is 23.7 Å². The normalized spacial score (nSPS) is 20.8. The topological polar surface area (TPSA) is 55.2 Å². The van der Waals surface area contributed by atoms with Gasteiger partial charge in [0.25, 0.3) is 0 Å². The quantitative estimate of drug-likeness (QED) is 0.872. The summed E-state index contributed by atoms with van der Waals surface area (Å²) in [7, 11) is -1.73. The zero-order valence-corrected chi connectivity index (χ0v) is 13.8. The lowest BCUT2D eigenvalue weighted by Crippen LogP contribution is -2.41. The van der Waals surface area contributed by atoms with Crippen molar-refractivity contribution in [2.24, 2.45) is 7.05 Å². The van der Waals surface area contributed by atoms with Gasteiger partial charge in [0.2, 0.25) is 10.0 Å². The summed E-state index contributed by atoms with van der Waals surface area (Å²) in [4.78, 5) is 1.21. The number of thiophene rings is 1. The second-order valence-corrected chi connectivity index (χ2v) is 8.26. The highest BCUT2D eigenvalue weighted by molar-refractivity contribution is 7.89. The summed E-state index contributed by atoms with van der Waals surface area (Å²) in [6.45, 7) is 2.58. The predicted molar refractivity (Wildman–Crippen MR) is 83.7 cm³/mol. The molecule has 0 spiro atoms. The van der Waals surface area contributed by atoms with E-state index >= 15 is 0 Å². The molecule has 7 heteroatoms. The maximum atomic E-state index is 13.0. The summed E-state index contributed by atoms with van der Waals surface area (Å²) in [5.74, 6) is 0. The molecule has 3 rings (SSSR count). The molecule has 0 bridgehead atoms. The highest BCUT2D eigenvalue weighted by Crippen LogP contribution is 2.33. The summed E-state index contributed by atoms with van der Waals surface area (Å²) in [6, 6.07) is 3.88. The maximum Gasteiger partial charge on any atom is 0.247 e. The molecule has 0 N–H and O–H groups in total. The van der Waals surface area contributed by atoms with Crippen LogP contribution < -0.4 is 0 Å². The lowest BCUT2D eigenvalue weighted by atomic mass is 10.1. The predicted octanol–water partition coefficient (Wildman–Crippen LogP) is 2.71. The van der Waals surface area contributed by atoms with E-state index in [4.69, 9.17) is 0 Å². The zero-order valence-electron chi connectivity index (χ0n) is 12.2. The summed E-state index contributed by atoms with van der Waals surface area (Å²) >= 11 is 1.51. The summed E-state index contributed by atoms with van der Waals surface area (Å²) < 4.78 is 29.2. The van der Waals surface area contributed by atoms with E-state index in [1.165, 1.54) is 11.3 Å². The Kier molecular flexibility index (Phi) is 3.90. The Bertz CT molecular complexity index is 719. The Morgan fingerprint density at radius 2 is 2.19 bits per heavy atom. The van der Waals surface area contributed by atoms with Crippen molar-refractivity contribution in [3.8, 4) is 10.6 Å². The molecular weight excluding hydrogens is 306 g/mol. The van der Waals surface area contributed by atoms with Gasteiger partial charge in [-0.1, -0.05) is 12.5 Å². The molecule has 2 aromatic rings. The minimum Gasteiger partial charge on any atom is -0.274 e. The van der Waals surface area contributed by atoms with E-state index in [0.29, 0.717) is 17.1 Å². The van der Waals surface area contributed by atoms with Crippen LogP contribution in [0.15, 0.2) is 28.6 Å². The van der Waals surface area contributed by atoms with Crippen LogP contribution in [-0.2, 0) is 17.1 Å². The molecule has 3 heterocycles. The molecule has 1 aliphatic heterocycles. The van der Waals surface area contributed by atoms with Crippen LogP contribution >= 0.6 is 11.3 Å². The first kappa shape index (κ1) is 14.7. The molecule has 0 amide bonds. The Balaban J connectivity index is 2.07. The molecule has 1 fully saturated rings. The second-order valence-electron chi connectivity index (χ2n) is 5.45. The molecule has 1 saturated heterocycles. The van der Waals surface area contributed by atoms with Gasteiger partial charge in [-0.15, -0.1) is 11.3 Å². The maximum absolute atomic E-state index is 13.0. The molecule has 0 aromatic carbocycles. The molecule has 1 unspecified atom stereocenters. The van der Waals surface area contributed by atoms with Crippen LogP contribution in [0, 0.1) is 0 Å². The van der Waals surface area contributed by atoms with Crippen LogP contribution in [0.2, 0.25) is 0 Å². The van der Waals surface area contributed by atoms with Gasteiger partial charge < -0.3 is 0 Å². The molecule has 2 aromatic heterocycles. The zero-order chi connectivity index (χ0) is 15.0. The first-order valence-corrected chi connectivity index (χ1v) is 9.41. The van der Waals surface area contributed by atoms with E-state index in [1.54, 1.807) is 22.2 Å². The van der Waals surface area contributed by atoms with E-state index in [2.05, 4.69) is 5.10 Å². The van der Waals surface area contributed by atoms with Crippen LogP contribution in [0.1, 0.15) is 26.2 Å². The Morgan fingerprint density at radius 3 is 2.86 bits per heavy atom. The second kappa shape index (κ2) is 5.55. The van der Waals surface area contributed by atoms with Crippen molar-refractivity contribution in [1.29, 1.82) is 0 Å². The van der Waals surface area contributed by atoms with Gasteiger partial charge in [-0.25, -0.2) is 8.42 Å². The van der Waals surface area contributed by atoms with Crippen molar-refractivity contribution in [1.82, 2.24) is 14.1 Å². The van der Waals surface area contributed by atoms with E-state index in [-0.39, 0.29) is 6.04 Å². The monoisotopic (exact) mass is 325 g/mol. The van der Waals surface area contributed by atoms with Crippen LogP contribution in [0.3, 0.4) is 0 Å². The number of aromatic nitrogens is 2. The molecule has 0 radical (unpaired) electrons. The van der Waals surface area contributed by atoms with Crippen molar-refractivity contribution in [2.45, 2.75) is 37.1 Å². The SMILES string of the molecule is CC1CCCCN1S(=O)(=O)c1cn(C)nc1-c1cccs1. The van der Waals surface area contributed by atoms with Gasteiger partial charge in [0.05, 0.1) is 4.88 Å². The van der Waals surface area contributed by atoms with E-state index in [1.807, 2.05) is 24.4 Å². The molecule has 114 valence electrons. The molecular formula is C14H19N3O2S2. The van der Waals surface area contributed by atoms with Gasteiger partial charge in [0.15, 0.2) is 0 Å². The van der Waals surface area contributed by atoms with E-state index in [9.17, 15) is 8.42 Å². The van der Waals surface area contributed by atoms with Crippen LogP contribution in [0.25, 0.3) is 10.6 Å². The molecule has 0 saturated carbocycles.